The SMILES string of the molecule is Cc1cc(Br)c(C(Cl)C2CC3CC3C2)cc1Br. The molecule has 0 nitrogen and oxygen atoms in total. The Bertz CT molecular complexity index is 448. The largest absolute Gasteiger partial charge is 0.117 e. The van der Waals surface area contributed by atoms with Crippen LogP contribution in [0.1, 0.15) is 35.8 Å². The topological polar surface area (TPSA) is 0 Å². The van der Waals surface area contributed by atoms with Crippen LogP contribution >= 0.6 is 43.5 Å². The highest BCUT2D eigenvalue weighted by molar-refractivity contribution is 9.11. The quantitative estimate of drug-likeness (QED) is 0.567. The zero-order valence-electron chi connectivity index (χ0n) is 9.72. The first-order valence-corrected chi connectivity index (χ1v) is 8.18. The van der Waals surface area contributed by atoms with Crippen LogP contribution in [0.25, 0.3) is 0 Å². The molecule has 0 radical (unpaired) electrons. The monoisotopic (exact) mass is 376 g/mol. The highest BCUT2D eigenvalue weighted by Gasteiger charge is 2.47. The van der Waals surface area contributed by atoms with Crippen molar-refractivity contribution in [3.63, 3.8) is 0 Å². The summed E-state index contributed by atoms with van der Waals surface area (Å²) in [5.74, 6) is 2.66. The molecule has 1 aromatic rings. The lowest BCUT2D eigenvalue weighted by atomic mass is 9.94. The lowest BCUT2D eigenvalue weighted by molar-refractivity contribution is 0.470. The zero-order chi connectivity index (χ0) is 12.2. The van der Waals surface area contributed by atoms with E-state index in [1.54, 1.807) is 0 Å². The van der Waals surface area contributed by atoms with Gasteiger partial charge in [0, 0.05) is 8.95 Å². The van der Waals surface area contributed by atoms with Crippen LogP contribution in [0, 0.1) is 24.7 Å². The van der Waals surface area contributed by atoms with Crippen molar-refractivity contribution in [2.45, 2.75) is 31.6 Å². The fourth-order valence-corrected chi connectivity index (χ4v) is 4.71. The van der Waals surface area contributed by atoms with Crippen LogP contribution in [0.5, 0.6) is 0 Å². The Morgan fingerprint density at radius 3 is 2.41 bits per heavy atom. The second-order valence-corrected chi connectivity index (χ2v) is 7.69. The molecule has 0 spiro atoms. The van der Waals surface area contributed by atoms with Gasteiger partial charge in [-0.3, -0.25) is 0 Å². The van der Waals surface area contributed by atoms with E-state index in [-0.39, 0.29) is 5.38 Å². The van der Waals surface area contributed by atoms with E-state index < -0.39 is 0 Å². The van der Waals surface area contributed by atoms with E-state index in [1.165, 1.54) is 30.4 Å². The Labute approximate surface area is 124 Å². The van der Waals surface area contributed by atoms with Crippen molar-refractivity contribution in [3.05, 3.63) is 32.2 Å². The molecule has 2 fully saturated rings. The van der Waals surface area contributed by atoms with Gasteiger partial charge in [0.1, 0.15) is 0 Å². The molecule has 3 heteroatoms. The zero-order valence-corrected chi connectivity index (χ0v) is 13.6. The first-order valence-electron chi connectivity index (χ1n) is 6.16. The highest BCUT2D eigenvalue weighted by atomic mass is 79.9. The fourth-order valence-electron chi connectivity index (χ4n) is 3.13. The lowest BCUT2D eigenvalue weighted by Gasteiger charge is -2.21. The number of rotatable bonds is 2. The second-order valence-electron chi connectivity index (χ2n) is 5.51. The Morgan fingerprint density at radius 1 is 1.12 bits per heavy atom. The van der Waals surface area contributed by atoms with Crippen LogP contribution in [0.4, 0.5) is 0 Å². The average molecular weight is 379 g/mol. The van der Waals surface area contributed by atoms with Crippen LogP contribution in [0.15, 0.2) is 21.1 Å². The fraction of sp³-hybridized carbons (Fsp3) is 0.571. The minimum atomic E-state index is 0.161. The van der Waals surface area contributed by atoms with Crippen molar-refractivity contribution in [2.24, 2.45) is 17.8 Å². The third-order valence-corrected chi connectivity index (χ3v) is 6.40. The van der Waals surface area contributed by atoms with Crippen LogP contribution in [0.2, 0.25) is 0 Å². The predicted molar refractivity (Wildman–Crippen MR) is 79.5 cm³/mol. The molecule has 0 aromatic heterocycles. The van der Waals surface area contributed by atoms with E-state index in [0.717, 1.165) is 20.8 Å². The summed E-state index contributed by atoms with van der Waals surface area (Å²) in [5, 5.41) is 0.161. The number of benzene rings is 1. The normalized spacial score (nSPS) is 32.4. The molecular formula is C14H15Br2Cl. The van der Waals surface area contributed by atoms with Gasteiger partial charge < -0.3 is 0 Å². The second kappa shape index (κ2) is 4.54. The Balaban J connectivity index is 1.85. The van der Waals surface area contributed by atoms with E-state index >= 15 is 0 Å². The highest BCUT2D eigenvalue weighted by Crippen LogP contribution is 2.58. The maximum Gasteiger partial charge on any atom is 0.0625 e. The number of hydrogen-bond acceptors (Lipinski definition) is 0. The molecule has 2 aliphatic carbocycles. The molecule has 92 valence electrons. The average Bonchev–Trinajstić information content (AvgIpc) is 2.90. The van der Waals surface area contributed by atoms with Crippen molar-refractivity contribution in [1.82, 2.24) is 0 Å². The van der Waals surface area contributed by atoms with E-state index in [0.29, 0.717) is 5.92 Å². The van der Waals surface area contributed by atoms with Crippen LogP contribution < -0.4 is 0 Å². The number of aryl methyl sites for hydroxylation is 1. The van der Waals surface area contributed by atoms with E-state index in [9.17, 15) is 0 Å². The van der Waals surface area contributed by atoms with Crippen molar-refractivity contribution in [3.8, 4) is 0 Å². The van der Waals surface area contributed by atoms with E-state index in [2.05, 4.69) is 50.9 Å². The molecule has 0 bridgehead atoms. The molecular weight excluding hydrogens is 363 g/mol. The van der Waals surface area contributed by atoms with Crippen molar-refractivity contribution < 1.29 is 0 Å². The summed E-state index contributed by atoms with van der Waals surface area (Å²) in [7, 11) is 0. The molecule has 0 N–H and O–H groups in total. The van der Waals surface area contributed by atoms with Gasteiger partial charge in [0.15, 0.2) is 0 Å². The van der Waals surface area contributed by atoms with Crippen LogP contribution in [-0.4, -0.2) is 0 Å². The van der Waals surface area contributed by atoms with Crippen LogP contribution in [0.3, 0.4) is 0 Å². The minimum Gasteiger partial charge on any atom is -0.117 e. The standard InChI is InChI=1S/C14H15Br2Cl/c1-7-2-13(16)11(6-12(7)15)14(17)10-4-8-3-9(8)5-10/h2,6,8-10,14H,3-5H2,1H3. The molecule has 3 unspecified atom stereocenters. The minimum absolute atomic E-state index is 0.161. The molecule has 0 heterocycles. The number of halogens is 3. The van der Waals surface area contributed by atoms with Gasteiger partial charge in [-0.1, -0.05) is 31.9 Å². The lowest BCUT2D eigenvalue weighted by Crippen LogP contribution is -2.07. The Morgan fingerprint density at radius 2 is 1.76 bits per heavy atom. The molecule has 2 aliphatic rings. The Kier molecular flexibility index (Phi) is 3.34. The summed E-state index contributed by atoms with van der Waals surface area (Å²) in [5.41, 5.74) is 2.49. The molecule has 0 aliphatic heterocycles. The predicted octanol–water partition coefficient (Wildman–Crippen LogP) is 5.85. The summed E-state index contributed by atoms with van der Waals surface area (Å²) < 4.78 is 2.31. The maximum absolute atomic E-state index is 6.68. The first-order chi connectivity index (χ1) is 8.06. The van der Waals surface area contributed by atoms with Crippen molar-refractivity contribution in [2.75, 3.05) is 0 Å². The van der Waals surface area contributed by atoms with E-state index in [1.807, 2.05) is 0 Å². The maximum atomic E-state index is 6.68. The summed E-state index contributed by atoms with van der Waals surface area (Å²) in [4.78, 5) is 0. The molecule has 0 amide bonds. The van der Waals surface area contributed by atoms with Gasteiger partial charge in [0.05, 0.1) is 5.38 Å². The van der Waals surface area contributed by atoms with Gasteiger partial charge in [0.2, 0.25) is 0 Å². The van der Waals surface area contributed by atoms with Crippen LogP contribution in [-0.2, 0) is 0 Å². The molecule has 3 rings (SSSR count). The Hall–Kier alpha value is 0.470. The molecule has 0 saturated heterocycles. The molecule has 2 saturated carbocycles. The number of hydrogen-bond donors (Lipinski definition) is 0. The summed E-state index contributed by atoms with van der Waals surface area (Å²) in [6, 6.07) is 4.34. The first kappa shape index (κ1) is 12.5. The molecule has 3 atom stereocenters. The summed E-state index contributed by atoms with van der Waals surface area (Å²) in [6.45, 7) is 2.10. The third-order valence-electron chi connectivity index (χ3n) is 4.27. The van der Waals surface area contributed by atoms with Gasteiger partial charge in [-0.25, -0.2) is 0 Å². The van der Waals surface area contributed by atoms with Crippen molar-refractivity contribution >= 4 is 43.5 Å². The molecule has 17 heavy (non-hydrogen) atoms. The number of alkyl halides is 1. The molecule has 1 aromatic carbocycles. The van der Waals surface area contributed by atoms with E-state index in [4.69, 9.17) is 11.6 Å². The van der Waals surface area contributed by atoms with Gasteiger partial charge in [-0.15, -0.1) is 11.6 Å². The summed E-state index contributed by atoms with van der Waals surface area (Å²) in [6.07, 6.45) is 4.12. The summed E-state index contributed by atoms with van der Waals surface area (Å²) >= 11 is 13.9. The van der Waals surface area contributed by atoms with Gasteiger partial charge in [0.25, 0.3) is 0 Å². The third kappa shape index (κ3) is 2.33. The van der Waals surface area contributed by atoms with Gasteiger partial charge in [-0.2, -0.15) is 0 Å². The number of fused-ring (bicyclic) bond motifs is 1. The van der Waals surface area contributed by atoms with Gasteiger partial charge in [-0.05, 0) is 67.2 Å². The smallest absolute Gasteiger partial charge is 0.0625 e. The van der Waals surface area contributed by atoms with Crippen molar-refractivity contribution in [1.29, 1.82) is 0 Å². The van der Waals surface area contributed by atoms with Gasteiger partial charge >= 0.3 is 0 Å².